The number of carbonyl (C=O) groups is 1. The molecule has 0 N–H and O–H groups in total. The van der Waals surface area contributed by atoms with Crippen molar-refractivity contribution in [2.45, 2.75) is 19.3 Å². The minimum atomic E-state index is -0.140. The molecule has 120 valence electrons. The summed E-state index contributed by atoms with van der Waals surface area (Å²) in [4.78, 5) is 14.3. The number of carbonyl (C=O) groups excluding carboxylic acids is 1. The molecule has 23 heavy (non-hydrogen) atoms. The summed E-state index contributed by atoms with van der Waals surface area (Å²) < 4.78 is 10.9. The van der Waals surface area contributed by atoms with Gasteiger partial charge < -0.3 is 14.4 Å². The second kappa shape index (κ2) is 6.32. The number of benzene rings is 2. The van der Waals surface area contributed by atoms with Gasteiger partial charge in [-0.05, 0) is 42.7 Å². The molecule has 0 aromatic heterocycles. The third kappa shape index (κ3) is 2.77. The number of hydrogen-bond donors (Lipinski definition) is 0. The summed E-state index contributed by atoms with van der Waals surface area (Å²) in [5.41, 5.74) is 3.15. The van der Waals surface area contributed by atoms with Crippen LogP contribution in [0.4, 0.5) is 5.69 Å². The number of rotatable bonds is 5. The Bertz CT molecular complexity index is 726. The van der Waals surface area contributed by atoms with Crippen molar-refractivity contribution < 1.29 is 14.3 Å². The van der Waals surface area contributed by atoms with Gasteiger partial charge in [0.15, 0.2) is 11.5 Å². The number of methoxy groups -OCH3 is 1. The standard InChI is InChI=1S/C19H21NO3/c1-4-23-17-10-9-13(12-18(17)22-3)11-15-14-7-5-6-8-16(14)20(2)19(15)21/h5-10,12,15H,4,11H2,1-3H3. The van der Waals surface area contributed by atoms with Crippen LogP contribution in [0.2, 0.25) is 0 Å². The van der Waals surface area contributed by atoms with E-state index >= 15 is 0 Å². The van der Waals surface area contributed by atoms with E-state index in [0.717, 1.165) is 22.6 Å². The van der Waals surface area contributed by atoms with Crippen molar-refractivity contribution in [2.75, 3.05) is 25.7 Å². The molecule has 1 heterocycles. The van der Waals surface area contributed by atoms with E-state index in [0.29, 0.717) is 18.8 Å². The number of hydrogen-bond acceptors (Lipinski definition) is 3. The second-order valence-electron chi connectivity index (χ2n) is 5.63. The number of nitrogens with zero attached hydrogens (tertiary/aromatic N) is 1. The van der Waals surface area contributed by atoms with Gasteiger partial charge in [-0.1, -0.05) is 24.3 Å². The van der Waals surface area contributed by atoms with Crippen LogP contribution in [0, 0.1) is 0 Å². The smallest absolute Gasteiger partial charge is 0.234 e. The first-order valence-electron chi connectivity index (χ1n) is 7.82. The topological polar surface area (TPSA) is 38.8 Å². The average molecular weight is 311 g/mol. The van der Waals surface area contributed by atoms with Crippen LogP contribution in [-0.2, 0) is 11.2 Å². The maximum Gasteiger partial charge on any atom is 0.234 e. The Kier molecular flexibility index (Phi) is 4.24. The van der Waals surface area contributed by atoms with Crippen LogP contribution in [0.3, 0.4) is 0 Å². The summed E-state index contributed by atoms with van der Waals surface area (Å²) in [6.45, 7) is 2.53. The van der Waals surface area contributed by atoms with Crippen LogP contribution in [-0.4, -0.2) is 26.7 Å². The summed E-state index contributed by atoms with van der Waals surface area (Å²) in [5, 5.41) is 0. The first-order chi connectivity index (χ1) is 11.2. The van der Waals surface area contributed by atoms with Gasteiger partial charge in [0.25, 0.3) is 0 Å². The summed E-state index contributed by atoms with van der Waals surface area (Å²) in [6, 6.07) is 13.8. The van der Waals surface area contributed by atoms with Crippen molar-refractivity contribution in [1.29, 1.82) is 0 Å². The summed E-state index contributed by atoms with van der Waals surface area (Å²) in [7, 11) is 3.46. The molecule has 1 amide bonds. The summed E-state index contributed by atoms with van der Waals surface area (Å²) in [5.74, 6) is 1.43. The molecule has 4 nitrogen and oxygen atoms in total. The Balaban J connectivity index is 1.89. The van der Waals surface area contributed by atoms with Crippen LogP contribution >= 0.6 is 0 Å². The Morgan fingerprint density at radius 2 is 1.91 bits per heavy atom. The van der Waals surface area contributed by atoms with Crippen LogP contribution < -0.4 is 14.4 Å². The molecule has 1 atom stereocenters. The van der Waals surface area contributed by atoms with Crippen molar-refractivity contribution in [3.05, 3.63) is 53.6 Å². The monoisotopic (exact) mass is 311 g/mol. The van der Waals surface area contributed by atoms with Gasteiger partial charge in [-0.15, -0.1) is 0 Å². The van der Waals surface area contributed by atoms with Crippen molar-refractivity contribution in [2.24, 2.45) is 0 Å². The van der Waals surface area contributed by atoms with Crippen LogP contribution in [0.5, 0.6) is 11.5 Å². The minimum Gasteiger partial charge on any atom is -0.493 e. The molecule has 0 spiro atoms. The van der Waals surface area contributed by atoms with E-state index in [1.165, 1.54) is 0 Å². The quantitative estimate of drug-likeness (QED) is 0.849. The number of anilines is 1. The highest BCUT2D eigenvalue weighted by molar-refractivity contribution is 6.04. The van der Waals surface area contributed by atoms with Crippen molar-refractivity contribution >= 4 is 11.6 Å². The fourth-order valence-corrected chi connectivity index (χ4v) is 3.12. The number of ether oxygens (including phenoxy) is 2. The van der Waals surface area contributed by atoms with E-state index < -0.39 is 0 Å². The van der Waals surface area contributed by atoms with E-state index in [4.69, 9.17) is 9.47 Å². The molecule has 0 radical (unpaired) electrons. The number of para-hydroxylation sites is 1. The zero-order chi connectivity index (χ0) is 16.4. The number of amides is 1. The molecule has 0 bridgehead atoms. The molecule has 2 aromatic rings. The maximum atomic E-state index is 12.6. The highest BCUT2D eigenvalue weighted by Crippen LogP contribution is 2.39. The third-order valence-corrected chi connectivity index (χ3v) is 4.27. The highest BCUT2D eigenvalue weighted by atomic mass is 16.5. The highest BCUT2D eigenvalue weighted by Gasteiger charge is 2.34. The molecule has 1 unspecified atom stereocenters. The van der Waals surface area contributed by atoms with Gasteiger partial charge in [-0.2, -0.15) is 0 Å². The molecular weight excluding hydrogens is 290 g/mol. The Morgan fingerprint density at radius 1 is 1.13 bits per heavy atom. The minimum absolute atomic E-state index is 0.138. The van der Waals surface area contributed by atoms with E-state index in [9.17, 15) is 4.79 Å². The van der Waals surface area contributed by atoms with Gasteiger partial charge in [-0.3, -0.25) is 4.79 Å². The zero-order valence-corrected chi connectivity index (χ0v) is 13.7. The Labute approximate surface area is 136 Å². The van der Waals surface area contributed by atoms with Crippen molar-refractivity contribution in [1.82, 2.24) is 0 Å². The number of likely N-dealkylation sites (N-methyl/N-ethyl adjacent to an activating group) is 1. The SMILES string of the molecule is CCOc1ccc(CC2C(=O)N(C)c3ccccc32)cc1OC. The van der Waals surface area contributed by atoms with Gasteiger partial charge in [0.1, 0.15) is 0 Å². The summed E-state index contributed by atoms with van der Waals surface area (Å²) >= 11 is 0. The first-order valence-corrected chi connectivity index (χ1v) is 7.82. The molecular formula is C19H21NO3. The predicted octanol–water partition coefficient (Wildman–Crippen LogP) is 3.40. The lowest BCUT2D eigenvalue weighted by atomic mass is 9.93. The lowest BCUT2D eigenvalue weighted by Gasteiger charge is -2.14. The fourth-order valence-electron chi connectivity index (χ4n) is 3.12. The molecule has 4 heteroatoms. The molecule has 0 saturated heterocycles. The van der Waals surface area contributed by atoms with E-state index in [2.05, 4.69) is 0 Å². The largest absolute Gasteiger partial charge is 0.493 e. The normalized spacial score (nSPS) is 16.4. The van der Waals surface area contributed by atoms with Gasteiger partial charge in [-0.25, -0.2) is 0 Å². The third-order valence-electron chi connectivity index (χ3n) is 4.27. The molecule has 0 fully saturated rings. The predicted molar refractivity (Wildman–Crippen MR) is 90.5 cm³/mol. The maximum absolute atomic E-state index is 12.6. The molecule has 0 saturated carbocycles. The van der Waals surface area contributed by atoms with Crippen LogP contribution in [0.1, 0.15) is 24.0 Å². The second-order valence-corrected chi connectivity index (χ2v) is 5.63. The van der Waals surface area contributed by atoms with E-state index in [1.807, 2.05) is 56.4 Å². The average Bonchev–Trinajstić information content (AvgIpc) is 2.82. The molecule has 1 aliphatic rings. The molecule has 2 aromatic carbocycles. The van der Waals surface area contributed by atoms with Crippen molar-refractivity contribution in [3.63, 3.8) is 0 Å². The summed E-state index contributed by atoms with van der Waals surface area (Å²) in [6.07, 6.45) is 0.656. The zero-order valence-electron chi connectivity index (χ0n) is 13.7. The van der Waals surface area contributed by atoms with Gasteiger partial charge in [0.05, 0.1) is 19.6 Å². The molecule has 1 aliphatic heterocycles. The first kappa shape index (κ1) is 15.4. The van der Waals surface area contributed by atoms with Crippen molar-refractivity contribution in [3.8, 4) is 11.5 Å². The van der Waals surface area contributed by atoms with E-state index in [1.54, 1.807) is 12.0 Å². The lowest BCUT2D eigenvalue weighted by Crippen LogP contribution is -2.24. The van der Waals surface area contributed by atoms with Gasteiger partial charge in [0, 0.05) is 12.7 Å². The number of fused-ring (bicyclic) bond motifs is 1. The van der Waals surface area contributed by atoms with E-state index in [-0.39, 0.29) is 11.8 Å². The Morgan fingerprint density at radius 3 is 2.65 bits per heavy atom. The molecule has 3 rings (SSSR count). The van der Waals surface area contributed by atoms with Gasteiger partial charge in [0.2, 0.25) is 5.91 Å². The molecule has 0 aliphatic carbocycles. The lowest BCUT2D eigenvalue weighted by molar-refractivity contribution is -0.119. The van der Waals surface area contributed by atoms with Crippen LogP contribution in [0.25, 0.3) is 0 Å². The van der Waals surface area contributed by atoms with Crippen LogP contribution in [0.15, 0.2) is 42.5 Å². The van der Waals surface area contributed by atoms with Gasteiger partial charge >= 0.3 is 0 Å². The Hall–Kier alpha value is -2.49. The fraction of sp³-hybridized carbons (Fsp3) is 0.316.